The second-order valence-corrected chi connectivity index (χ2v) is 5.52. The fourth-order valence-electron chi connectivity index (χ4n) is 2.36. The van der Waals surface area contributed by atoms with Crippen LogP contribution in [-0.4, -0.2) is 21.2 Å². The van der Waals surface area contributed by atoms with Crippen molar-refractivity contribution >= 4 is 28.5 Å². The highest BCUT2D eigenvalue weighted by Gasteiger charge is 2.42. The molecule has 2 heterocycles. The third-order valence-electron chi connectivity index (χ3n) is 3.33. The molecule has 0 aromatic heterocycles. The van der Waals surface area contributed by atoms with Crippen molar-refractivity contribution in [3.8, 4) is 0 Å². The summed E-state index contributed by atoms with van der Waals surface area (Å²) in [6, 6.07) is 8.17. The standard InChI is InChI=1S/C13H14N2OS/c1-3-11-12(16)15-8(2)9-6-4-5-7-10(9)14-13(15)17-11/h4-8,11H,3H2,1-2H3/t8-,11-/m0/s1. The molecular weight excluding hydrogens is 232 g/mol. The maximum atomic E-state index is 12.2. The minimum atomic E-state index is 0.0468. The van der Waals surface area contributed by atoms with Gasteiger partial charge in [-0.15, -0.1) is 0 Å². The summed E-state index contributed by atoms with van der Waals surface area (Å²) in [4.78, 5) is 18.7. The zero-order valence-electron chi connectivity index (χ0n) is 9.88. The number of rotatable bonds is 1. The smallest absolute Gasteiger partial charge is 0.242 e. The van der Waals surface area contributed by atoms with Crippen LogP contribution in [0.4, 0.5) is 5.69 Å². The fraction of sp³-hybridized carbons (Fsp3) is 0.385. The average molecular weight is 246 g/mol. The summed E-state index contributed by atoms with van der Waals surface area (Å²) in [5, 5.41) is 0.915. The highest BCUT2D eigenvalue weighted by Crippen LogP contribution is 2.42. The molecule has 3 rings (SSSR count). The van der Waals surface area contributed by atoms with E-state index in [-0.39, 0.29) is 17.2 Å². The molecule has 0 aliphatic carbocycles. The third-order valence-corrected chi connectivity index (χ3v) is 4.65. The Hall–Kier alpha value is -1.29. The molecule has 1 amide bonds. The van der Waals surface area contributed by atoms with Gasteiger partial charge in [0.2, 0.25) is 5.91 Å². The molecule has 0 unspecified atom stereocenters. The molecule has 17 heavy (non-hydrogen) atoms. The zero-order chi connectivity index (χ0) is 12.0. The SMILES string of the molecule is CC[C@@H]1SC2=Nc3ccccc3[C@H](C)N2C1=O. The van der Waals surface area contributed by atoms with Crippen LogP contribution < -0.4 is 0 Å². The van der Waals surface area contributed by atoms with E-state index in [4.69, 9.17) is 0 Å². The Morgan fingerprint density at radius 2 is 2.18 bits per heavy atom. The van der Waals surface area contributed by atoms with Gasteiger partial charge < -0.3 is 0 Å². The van der Waals surface area contributed by atoms with Crippen molar-refractivity contribution in [2.75, 3.05) is 0 Å². The lowest BCUT2D eigenvalue weighted by atomic mass is 10.0. The van der Waals surface area contributed by atoms with Crippen molar-refractivity contribution in [2.24, 2.45) is 4.99 Å². The number of para-hydroxylation sites is 1. The highest BCUT2D eigenvalue weighted by atomic mass is 32.2. The van der Waals surface area contributed by atoms with Crippen LogP contribution >= 0.6 is 11.8 Å². The third kappa shape index (κ3) is 1.51. The van der Waals surface area contributed by atoms with Gasteiger partial charge in [0.25, 0.3) is 0 Å². The summed E-state index contributed by atoms with van der Waals surface area (Å²) in [6.45, 7) is 4.12. The van der Waals surface area contributed by atoms with E-state index in [9.17, 15) is 4.79 Å². The van der Waals surface area contributed by atoms with Crippen LogP contribution in [0.1, 0.15) is 31.9 Å². The summed E-state index contributed by atoms with van der Waals surface area (Å²) in [5.74, 6) is 0.207. The number of amides is 1. The molecule has 0 radical (unpaired) electrons. The first-order valence-corrected chi connectivity index (χ1v) is 6.77. The number of carbonyl (C=O) groups is 1. The maximum absolute atomic E-state index is 12.2. The zero-order valence-corrected chi connectivity index (χ0v) is 10.7. The average Bonchev–Trinajstić information content (AvgIpc) is 2.66. The molecule has 0 saturated carbocycles. The Morgan fingerprint density at radius 3 is 2.94 bits per heavy atom. The fourth-order valence-corrected chi connectivity index (χ4v) is 3.51. The molecule has 2 aliphatic heterocycles. The van der Waals surface area contributed by atoms with Crippen LogP contribution in [0.15, 0.2) is 29.3 Å². The second kappa shape index (κ2) is 3.88. The Balaban J connectivity index is 2.08. The molecule has 4 heteroatoms. The van der Waals surface area contributed by atoms with E-state index in [2.05, 4.69) is 18.0 Å². The summed E-state index contributed by atoms with van der Waals surface area (Å²) in [6.07, 6.45) is 0.863. The lowest BCUT2D eigenvalue weighted by Crippen LogP contribution is -2.36. The van der Waals surface area contributed by atoms with Gasteiger partial charge in [0, 0.05) is 5.56 Å². The minimum absolute atomic E-state index is 0.0468. The Bertz CT molecular complexity index is 512. The van der Waals surface area contributed by atoms with E-state index in [0.717, 1.165) is 22.8 Å². The quantitative estimate of drug-likeness (QED) is 0.762. The topological polar surface area (TPSA) is 32.7 Å². The van der Waals surface area contributed by atoms with Crippen LogP contribution in [0.5, 0.6) is 0 Å². The summed E-state index contributed by atoms with van der Waals surface area (Å²) < 4.78 is 0. The van der Waals surface area contributed by atoms with E-state index in [0.29, 0.717) is 0 Å². The molecule has 1 fully saturated rings. The van der Waals surface area contributed by atoms with Crippen LogP contribution in [0, 0.1) is 0 Å². The number of benzene rings is 1. The first-order valence-electron chi connectivity index (χ1n) is 5.89. The molecule has 88 valence electrons. The van der Waals surface area contributed by atoms with Crippen LogP contribution in [0.25, 0.3) is 0 Å². The van der Waals surface area contributed by atoms with Gasteiger partial charge in [-0.05, 0) is 19.4 Å². The van der Waals surface area contributed by atoms with E-state index in [1.165, 1.54) is 0 Å². The van der Waals surface area contributed by atoms with Crippen molar-refractivity contribution in [3.63, 3.8) is 0 Å². The Kier molecular flexibility index (Phi) is 2.47. The predicted molar refractivity (Wildman–Crippen MR) is 70.5 cm³/mol. The first kappa shape index (κ1) is 10.8. The van der Waals surface area contributed by atoms with Gasteiger partial charge in [0.1, 0.15) is 0 Å². The highest BCUT2D eigenvalue weighted by molar-refractivity contribution is 8.15. The van der Waals surface area contributed by atoms with Gasteiger partial charge in [-0.1, -0.05) is 36.9 Å². The lowest BCUT2D eigenvalue weighted by Gasteiger charge is -2.29. The predicted octanol–water partition coefficient (Wildman–Crippen LogP) is 3.10. The summed E-state index contributed by atoms with van der Waals surface area (Å²) in [7, 11) is 0. The van der Waals surface area contributed by atoms with Crippen molar-refractivity contribution in [2.45, 2.75) is 31.6 Å². The number of carbonyl (C=O) groups excluding carboxylic acids is 1. The van der Waals surface area contributed by atoms with E-state index >= 15 is 0 Å². The molecule has 3 nitrogen and oxygen atoms in total. The van der Waals surface area contributed by atoms with Crippen LogP contribution in [-0.2, 0) is 4.79 Å². The van der Waals surface area contributed by atoms with Gasteiger partial charge in [0.15, 0.2) is 5.17 Å². The Labute approximate surface area is 105 Å². The van der Waals surface area contributed by atoms with Gasteiger partial charge in [0.05, 0.1) is 17.0 Å². The van der Waals surface area contributed by atoms with E-state index in [1.54, 1.807) is 11.8 Å². The number of fused-ring (bicyclic) bond motifs is 2. The van der Waals surface area contributed by atoms with Crippen molar-refractivity contribution in [3.05, 3.63) is 29.8 Å². The number of nitrogens with zero attached hydrogens (tertiary/aromatic N) is 2. The molecule has 0 spiro atoms. The molecule has 1 saturated heterocycles. The summed E-state index contributed by atoms with van der Waals surface area (Å²) in [5.41, 5.74) is 2.14. The molecule has 1 aromatic carbocycles. The van der Waals surface area contributed by atoms with Crippen molar-refractivity contribution < 1.29 is 4.79 Å². The summed E-state index contributed by atoms with van der Waals surface area (Å²) >= 11 is 1.60. The van der Waals surface area contributed by atoms with Gasteiger partial charge in [-0.2, -0.15) is 0 Å². The van der Waals surface area contributed by atoms with Gasteiger partial charge in [-0.25, -0.2) is 4.99 Å². The monoisotopic (exact) mass is 246 g/mol. The van der Waals surface area contributed by atoms with E-state index < -0.39 is 0 Å². The number of amidine groups is 1. The minimum Gasteiger partial charge on any atom is -0.283 e. The van der Waals surface area contributed by atoms with Gasteiger partial charge in [-0.3, -0.25) is 9.69 Å². The largest absolute Gasteiger partial charge is 0.283 e. The van der Waals surface area contributed by atoms with E-state index in [1.807, 2.05) is 30.0 Å². The first-order chi connectivity index (χ1) is 8.22. The molecule has 2 atom stereocenters. The lowest BCUT2D eigenvalue weighted by molar-refractivity contribution is -0.127. The number of aliphatic imine (C=N–C) groups is 1. The Morgan fingerprint density at radius 1 is 1.41 bits per heavy atom. The number of hydrogen-bond acceptors (Lipinski definition) is 3. The van der Waals surface area contributed by atoms with Crippen molar-refractivity contribution in [1.82, 2.24) is 4.90 Å². The molecule has 0 bridgehead atoms. The van der Waals surface area contributed by atoms with Gasteiger partial charge >= 0.3 is 0 Å². The van der Waals surface area contributed by atoms with Crippen LogP contribution in [0.2, 0.25) is 0 Å². The number of thioether (sulfide) groups is 1. The van der Waals surface area contributed by atoms with Crippen LogP contribution in [0.3, 0.4) is 0 Å². The second-order valence-electron chi connectivity index (χ2n) is 4.35. The maximum Gasteiger partial charge on any atom is 0.242 e. The molecular formula is C13H14N2OS. The molecule has 1 aromatic rings. The molecule has 0 N–H and O–H groups in total. The van der Waals surface area contributed by atoms with Crippen molar-refractivity contribution in [1.29, 1.82) is 0 Å². The number of hydrogen-bond donors (Lipinski definition) is 0. The normalized spacial score (nSPS) is 26.6. The molecule has 2 aliphatic rings.